The average Bonchev–Trinajstić information content (AvgIpc) is 2.20. The van der Waals surface area contributed by atoms with Crippen LogP contribution in [-0.4, -0.2) is 22.4 Å². The molecule has 0 amide bonds. The fraction of sp³-hybridized carbons (Fsp3) is 0.714. The number of hydrogen-bond donors (Lipinski definition) is 2. The largest absolute Gasteiger partial charge is 0.393 e. The van der Waals surface area contributed by atoms with E-state index in [1.54, 1.807) is 13.8 Å². The standard InChI is InChI=1S/C14H22O2/c1-13(15)11-9-7-5-3-4-6-8-10-12-14(2)16/h13-16H,7-12H2,1-2H3/t13-,14-/m1/s1. The summed E-state index contributed by atoms with van der Waals surface area (Å²) in [6.45, 7) is 3.57. The van der Waals surface area contributed by atoms with Gasteiger partial charge in [-0.25, -0.2) is 0 Å². The average molecular weight is 222 g/mol. The molecule has 0 saturated heterocycles. The van der Waals surface area contributed by atoms with E-state index in [-0.39, 0.29) is 12.2 Å². The molecular weight excluding hydrogens is 200 g/mol. The highest BCUT2D eigenvalue weighted by Gasteiger charge is 1.92. The molecule has 16 heavy (non-hydrogen) atoms. The first-order chi connectivity index (χ1) is 7.63. The van der Waals surface area contributed by atoms with Gasteiger partial charge in [0.1, 0.15) is 0 Å². The molecule has 2 atom stereocenters. The van der Waals surface area contributed by atoms with E-state index in [0.29, 0.717) is 0 Å². The first-order valence-corrected chi connectivity index (χ1v) is 5.94. The second-order valence-corrected chi connectivity index (χ2v) is 4.09. The van der Waals surface area contributed by atoms with Crippen molar-refractivity contribution >= 4 is 0 Å². The summed E-state index contributed by atoms with van der Waals surface area (Å²) in [5.74, 6) is 11.5. The van der Waals surface area contributed by atoms with Crippen molar-refractivity contribution in [2.45, 2.75) is 64.6 Å². The van der Waals surface area contributed by atoms with Gasteiger partial charge in [0.2, 0.25) is 0 Å². The predicted octanol–water partition coefficient (Wildman–Crippen LogP) is 2.10. The van der Waals surface area contributed by atoms with E-state index in [0.717, 1.165) is 38.5 Å². The molecule has 0 spiro atoms. The van der Waals surface area contributed by atoms with Gasteiger partial charge in [0, 0.05) is 12.8 Å². The molecule has 0 aromatic heterocycles. The molecule has 0 bridgehead atoms. The molecule has 0 aliphatic carbocycles. The van der Waals surface area contributed by atoms with Gasteiger partial charge in [-0.15, -0.1) is 0 Å². The van der Waals surface area contributed by atoms with Gasteiger partial charge in [-0.05, 0) is 51.4 Å². The lowest BCUT2D eigenvalue weighted by atomic mass is 10.2. The smallest absolute Gasteiger partial charge is 0.0512 e. The Kier molecular flexibility index (Phi) is 9.92. The number of hydrogen-bond acceptors (Lipinski definition) is 2. The molecule has 0 unspecified atom stereocenters. The molecule has 0 aliphatic rings. The van der Waals surface area contributed by atoms with Crippen molar-refractivity contribution in [1.29, 1.82) is 0 Å². The van der Waals surface area contributed by atoms with Gasteiger partial charge in [0.15, 0.2) is 0 Å². The third-order valence-corrected chi connectivity index (χ3v) is 2.09. The first kappa shape index (κ1) is 15.0. The van der Waals surface area contributed by atoms with Gasteiger partial charge in [0.05, 0.1) is 12.2 Å². The topological polar surface area (TPSA) is 40.5 Å². The lowest BCUT2D eigenvalue weighted by Crippen LogP contribution is -1.97. The van der Waals surface area contributed by atoms with E-state index < -0.39 is 0 Å². The molecule has 0 aromatic rings. The molecule has 0 fully saturated rings. The van der Waals surface area contributed by atoms with Crippen LogP contribution >= 0.6 is 0 Å². The van der Waals surface area contributed by atoms with Crippen LogP contribution in [0.3, 0.4) is 0 Å². The molecule has 0 aliphatic heterocycles. The minimum atomic E-state index is -0.228. The summed E-state index contributed by atoms with van der Waals surface area (Å²) in [4.78, 5) is 0. The van der Waals surface area contributed by atoms with Crippen LogP contribution in [-0.2, 0) is 0 Å². The maximum Gasteiger partial charge on any atom is 0.0512 e. The number of rotatable bonds is 6. The predicted molar refractivity (Wildman–Crippen MR) is 66.6 cm³/mol. The quantitative estimate of drug-likeness (QED) is 0.533. The maximum atomic E-state index is 9.00. The summed E-state index contributed by atoms with van der Waals surface area (Å²) in [6.07, 6.45) is 4.60. The van der Waals surface area contributed by atoms with Gasteiger partial charge in [-0.2, -0.15) is 0 Å². The molecule has 2 nitrogen and oxygen atoms in total. The van der Waals surface area contributed by atoms with Crippen molar-refractivity contribution in [3.63, 3.8) is 0 Å². The zero-order chi connectivity index (χ0) is 12.2. The Hall–Kier alpha value is -0.960. The van der Waals surface area contributed by atoms with Crippen LogP contribution in [0.5, 0.6) is 0 Å². The Morgan fingerprint density at radius 1 is 0.812 bits per heavy atom. The summed E-state index contributed by atoms with van der Waals surface area (Å²) >= 11 is 0. The van der Waals surface area contributed by atoms with Crippen LogP contribution in [0.15, 0.2) is 0 Å². The Morgan fingerprint density at radius 3 is 1.50 bits per heavy atom. The molecule has 2 N–H and O–H groups in total. The van der Waals surface area contributed by atoms with E-state index in [9.17, 15) is 0 Å². The van der Waals surface area contributed by atoms with Crippen LogP contribution in [0.25, 0.3) is 0 Å². The lowest BCUT2D eigenvalue weighted by molar-refractivity contribution is 0.182. The van der Waals surface area contributed by atoms with E-state index in [4.69, 9.17) is 10.2 Å². The van der Waals surface area contributed by atoms with Crippen molar-refractivity contribution in [1.82, 2.24) is 0 Å². The van der Waals surface area contributed by atoms with Crippen molar-refractivity contribution < 1.29 is 10.2 Å². The minimum absolute atomic E-state index is 0.228. The number of aliphatic hydroxyl groups is 2. The number of unbranched alkanes of at least 4 members (excludes halogenated alkanes) is 2. The Balaban J connectivity index is 3.41. The molecule has 0 saturated carbocycles. The van der Waals surface area contributed by atoms with E-state index in [2.05, 4.69) is 23.7 Å². The SMILES string of the molecule is C[C@@H](O)CCCC#CC#CCCC[C@@H](C)O. The molecule has 0 radical (unpaired) electrons. The highest BCUT2D eigenvalue weighted by atomic mass is 16.3. The Bertz CT molecular complexity index is 241. The van der Waals surface area contributed by atoms with Crippen molar-refractivity contribution in [2.75, 3.05) is 0 Å². The summed E-state index contributed by atoms with van der Waals surface area (Å²) < 4.78 is 0. The summed E-state index contributed by atoms with van der Waals surface area (Å²) in [5, 5.41) is 18.0. The normalized spacial score (nSPS) is 13.0. The molecule has 0 aromatic carbocycles. The molecule has 0 heterocycles. The summed E-state index contributed by atoms with van der Waals surface area (Å²) in [6, 6.07) is 0. The molecular formula is C14H22O2. The van der Waals surface area contributed by atoms with Gasteiger partial charge in [-0.3, -0.25) is 0 Å². The Morgan fingerprint density at radius 2 is 1.19 bits per heavy atom. The van der Waals surface area contributed by atoms with Gasteiger partial charge < -0.3 is 10.2 Å². The maximum absolute atomic E-state index is 9.00. The van der Waals surface area contributed by atoms with Gasteiger partial charge in [-0.1, -0.05) is 11.8 Å². The van der Waals surface area contributed by atoms with Crippen LogP contribution in [0.2, 0.25) is 0 Å². The van der Waals surface area contributed by atoms with Crippen molar-refractivity contribution in [2.24, 2.45) is 0 Å². The van der Waals surface area contributed by atoms with Crippen LogP contribution < -0.4 is 0 Å². The highest BCUT2D eigenvalue weighted by Crippen LogP contribution is 1.99. The molecule has 90 valence electrons. The van der Waals surface area contributed by atoms with Crippen LogP contribution in [0.1, 0.15) is 52.4 Å². The van der Waals surface area contributed by atoms with Crippen LogP contribution in [0.4, 0.5) is 0 Å². The fourth-order valence-electron chi connectivity index (χ4n) is 1.19. The van der Waals surface area contributed by atoms with Crippen molar-refractivity contribution in [3.05, 3.63) is 0 Å². The number of aliphatic hydroxyl groups excluding tert-OH is 2. The monoisotopic (exact) mass is 222 g/mol. The minimum Gasteiger partial charge on any atom is -0.393 e. The van der Waals surface area contributed by atoms with E-state index >= 15 is 0 Å². The summed E-state index contributed by atoms with van der Waals surface area (Å²) in [5.41, 5.74) is 0. The second kappa shape index (κ2) is 10.6. The van der Waals surface area contributed by atoms with E-state index in [1.165, 1.54) is 0 Å². The zero-order valence-electron chi connectivity index (χ0n) is 10.3. The third kappa shape index (κ3) is 13.0. The van der Waals surface area contributed by atoms with Gasteiger partial charge in [0.25, 0.3) is 0 Å². The molecule has 0 rings (SSSR count). The zero-order valence-corrected chi connectivity index (χ0v) is 10.3. The molecule has 2 heteroatoms. The second-order valence-electron chi connectivity index (χ2n) is 4.09. The Labute approximate surface area is 99.1 Å². The van der Waals surface area contributed by atoms with Crippen LogP contribution in [0, 0.1) is 23.7 Å². The summed E-state index contributed by atoms with van der Waals surface area (Å²) in [7, 11) is 0. The van der Waals surface area contributed by atoms with Gasteiger partial charge >= 0.3 is 0 Å². The third-order valence-electron chi connectivity index (χ3n) is 2.09. The first-order valence-electron chi connectivity index (χ1n) is 5.94. The van der Waals surface area contributed by atoms with E-state index in [1.807, 2.05) is 0 Å². The fourth-order valence-corrected chi connectivity index (χ4v) is 1.19. The lowest BCUT2D eigenvalue weighted by Gasteiger charge is -1.98. The highest BCUT2D eigenvalue weighted by molar-refractivity contribution is 5.25. The van der Waals surface area contributed by atoms with Crippen molar-refractivity contribution in [3.8, 4) is 23.7 Å².